The van der Waals surface area contributed by atoms with Gasteiger partial charge < -0.3 is 15.3 Å². The Kier molecular flexibility index (Phi) is 5.35. The highest BCUT2D eigenvalue weighted by atomic mass is 19.4. The first-order valence-corrected chi connectivity index (χ1v) is 7.17. The van der Waals surface area contributed by atoms with Crippen molar-refractivity contribution >= 4 is 17.4 Å². The van der Waals surface area contributed by atoms with E-state index in [9.17, 15) is 31.1 Å². The normalized spacial score (nSPS) is 16.8. The fraction of sp³-hybridized carbons (Fsp3) is 0.429. The smallest absolute Gasteiger partial charge is 0.382 e. The van der Waals surface area contributed by atoms with Crippen molar-refractivity contribution in [2.75, 3.05) is 25.5 Å². The average molecular weight is 384 g/mol. The number of likely N-dealkylation sites (N-methyl/N-ethyl adjacent to an activating group) is 1. The maximum Gasteiger partial charge on any atom is 0.418 e. The lowest BCUT2D eigenvalue weighted by molar-refractivity contribution is -0.198. The molecule has 1 atom stereocenters. The second-order valence-corrected chi connectivity index (χ2v) is 5.52. The van der Waals surface area contributed by atoms with Crippen molar-refractivity contribution in [2.24, 2.45) is 5.10 Å². The first kappa shape index (κ1) is 19.8. The van der Waals surface area contributed by atoms with E-state index in [0.29, 0.717) is 6.07 Å². The third-order valence-electron chi connectivity index (χ3n) is 3.48. The van der Waals surface area contributed by atoms with Gasteiger partial charge in [0.25, 0.3) is 5.91 Å². The van der Waals surface area contributed by atoms with Crippen LogP contribution in [0.1, 0.15) is 11.1 Å². The highest BCUT2D eigenvalue weighted by molar-refractivity contribution is 6.03. The van der Waals surface area contributed by atoms with Gasteiger partial charge in [-0.2, -0.15) is 31.4 Å². The summed E-state index contributed by atoms with van der Waals surface area (Å²) in [4.78, 5) is 12.5. The maximum absolute atomic E-state index is 13.3. The fourth-order valence-corrected chi connectivity index (χ4v) is 2.21. The Morgan fingerprint density at radius 2 is 1.96 bits per heavy atom. The van der Waals surface area contributed by atoms with Crippen LogP contribution >= 0.6 is 0 Å². The zero-order valence-electron chi connectivity index (χ0n) is 13.2. The molecule has 0 spiro atoms. The third-order valence-corrected chi connectivity index (χ3v) is 3.48. The van der Waals surface area contributed by atoms with Crippen LogP contribution in [0, 0.1) is 0 Å². The fourth-order valence-electron chi connectivity index (χ4n) is 2.21. The molecule has 0 bridgehead atoms. The van der Waals surface area contributed by atoms with Crippen LogP contribution in [0.3, 0.4) is 0 Å². The van der Waals surface area contributed by atoms with Crippen molar-refractivity contribution in [3.8, 4) is 0 Å². The molecule has 0 aromatic heterocycles. The van der Waals surface area contributed by atoms with Crippen molar-refractivity contribution in [3.05, 3.63) is 29.3 Å². The molecule has 1 aliphatic rings. The second kappa shape index (κ2) is 7.02. The van der Waals surface area contributed by atoms with Gasteiger partial charge in [-0.05, 0) is 18.2 Å². The first-order chi connectivity index (χ1) is 11.9. The number of amidine groups is 1. The lowest BCUT2D eigenvalue weighted by atomic mass is 10.1. The molecule has 0 saturated heterocycles. The summed E-state index contributed by atoms with van der Waals surface area (Å²) in [7, 11) is 1.46. The molecule has 1 amide bonds. The highest BCUT2D eigenvalue weighted by Crippen LogP contribution is 2.36. The molecular weight excluding hydrogens is 370 g/mol. The van der Waals surface area contributed by atoms with Gasteiger partial charge in [0.05, 0.1) is 12.1 Å². The second-order valence-electron chi connectivity index (χ2n) is 5.52. The van der Waals surface area contributed by atoms with Gasteiger partial charge in [0.2, 0.25) is 0 Å². The molecule has 1 aromatic carbocycles. The van der Waals surface area contributed by atoms with Gasteiger partial charge in [-0.25, -0.2) is 5.43 Å². The van der Waals surface area contributed by atoms with E-state index in [1.54, 1.807) is 0 Å². The molecule has 1 aromatic rings. The minimum atomic E-state index is -4.96. The summed E-state index contributed by atoms with van der Waals surface area (Å²) in [5, 5.41) is 14.6. The van der Waals surface area contributed by atoms with Crippen molar-refractivity contribution in [3.63, 3.8) is 0 Å². The number of hydrogen-bond donors (Lipinski definition) is 3. The summed E-state index contributed by atoms with van der Waals surface area (Å²) in [6, 6.07) is 2.85. The van der Waals surface area contributed by atoms with Crippen LogP contribution in [0.5, 0.6) is 0 Å². The lowest BCUT2D eigenvalue weighted by Crippen LogP contribution is -2.43. The number of alkyl halides is 6. The molecule has 2 rings (SSSR count). The molecule has 0 aliphatic carbocycles. The number of rotatable bonds is 4. The summed E-state index contributed by atoms with van der Waals surface area (Å²) in [6.07, 6.45) is -12.6. The molecule has 1 heterocycles. The topological polar surface area (TPSA) is 77.0 Å². The first-order valence-electron chi connectivity index (χ1n) is 7.17. The third kappa shape index (κ3) is 4.56. The van der Waals surface area contributed by atoms with E-state index in [1.807, 2.05) is 5.32 Å². The standard InChI is InChI=1S/C14H14F6N4O2/c1-24-6-11(26)22-23-12(24)7-2-3-9(8(4-7)13(15,16)17)21-5-10(25)14(18,19)20/h2-4,10,21,25H,5-6H2,1H3,(H,22,26)/t10-/m0/s1. The van der Waals surface area contributed by atoms with Gasteiger partial charge in [-0.1, -0.05) is 0 Å². The number of nitrogens with zero attached hydrogens (tertiary/aromatic N) is 2. The summed E-state index contributed by atoms with van der Waals surface area (Å²) >= 11 is 0. The Labute approximate surface area is 143 Å². The number of anilines is 1. The Hall–Kier alpha value is -2.50. The molecule has 6 nitrogen and oxygen atoms in total. The molecule has 0 radical (unpaired) electrons. The van der Waals surface area contributed by atoms with Crippen molar-refractivity contribution in [1.29, 1.82) is 0 Å². The highest BCUT2D eigenvalue weighted by Gasteiger charge is 2.39. The van der Waals surface area contributed by atoms with Gasteiger partial charge in [0.15, 0.2) is 11.9 Å². The molecule has 0 unspecified atom stereocenters. The molecule has 1 aliphatic heterocycles. The van der Waals surface area contributed by atoms with Crippen LogP contribution in [0.15, 0.2) is 23.3 Å². The molecule has 12 heteroatoms. The van der Waals surface area contributed by atoms with Crippen LogP contribution in [-0.4, -0.2) is 54.2 Å². The van der Waals surface area contributed by atoms with Gasteiger partial charge >= 0.3 is 12.4 Å². The van der Waals surface area contributed by atoms with Gasteiger partial charge in [0.1, 0.15) is 0 Å². The van der Waals surface area contributed by atoms with E-state index in [-0.39, 0.29) is 17.9 Å². The number of carbonyl (C=O) groups is 1. The van der Waals surface area contributed by atoms with Crippen LogP contribution in [-0.2, 0) is 11.0 Å². The van der Waals surface area contributed by atoms with Crippen LogP contribution in [0.25, 0.3) is 0 Å². The monoisotopic (exact) mass is 384 g/mol. The predicted molar refractivity (Wildman–Crippen MR) is 79.3 cm³/mol. The predicted octanol–water partition coefficient (Wildman–Crippen LogP) is 1.76. The van der Waals surface area contributed by atoms with E-state index in [2.05, 4.69) is 10.5 Å². The number of aliphatic hydroxyl groups excluding tert-OH is 1. The minimum absolute atomic E-state index is 0.0155. The molecule has 26 heavy (non-hydrogen) atoms. The van der Waals surface area contributed by atoms with Crippen molar-refractivity contribution < 1.29 is 36.2 Å². The number of nitrogens with one attached hydrogen (secondary N) is 2. The minimum Gasteiger partial charge on any atom is -0.382 e. The molecule has 144 valence electrons. The van der Waals surface area contributed by atoms with Crippen LogP contribution in [0.4, 0.5) is 32.0 Å². The molecule has 3 N–H and O–H groups in total. The average Bonchev–Trinajstić information content (AvgIpc) is 2.50. The van der Waals surface area contributed by atoms with Gasteiger partial charge in [-0.3, -0.25) is 4.79 Å². The van der Waals surface area contributed by atoms with E-state index in [4.69, 9.17) is 5.11 Å². The number of benzene rings is 1. The molecule has 0 fully saturated rings. The van der Waals surface area contributed by atoms with E-state index in [0.717, 1.165) is 6.07 Å². The van der Waals surface area contributed by atoms with Crippen LogP contribution in [0.2, 0.25) is 0 Å². The quantitative estimate of drug-likeness (QED) is 0.692. The maximum atomic E-state index is 13.3. The van der Waals surface area contributed by atoms with E-state index < -0.39 is 42.2 Å². The summed E-state index contributed by atoms with van der Waals surface area (Å²) in [5.74, 6) is -0.372. The Morgan fingerprint density at radius 3 is 2.50 bits per heavy atom. The number of hydrazone groups is 1. The van der Waals surface area contributed by atoms with Crippen LogP contribution < -0.4 is 10.7 Å². The zero-order valence-corrected chi connectivity index (χ0v) is 13.2. The Bertz CT molecular complexity index is 716. The lowest BCUT2D eigenvalue weighted by Gasteiger charge is -2.25. The Morgan fingerprint density at radius 1 is 1.31 bits per heavy atom. The van der Waals surface area contributed by atoms with Crippen molar-refractivity contribution in [2.45, 2.75) is 18.5 Å². The SMILES string of the molecule is CN1CC(=O)NN=C1c1ccc(NC[C@H](O)C(F)(F)F)c(C(F)(F)F)c1. The number of halogens is 6. The molecular formula is C14H14F6N4O2. The summed E-state index contributed by atoms with van der Waals surface area (Å²) in [6.45, 7) is -1.25. The van der Waals surface area contributed by atoms with Crippen molar-refractivity contribution in [1.82, 2.24) is 10.3 Å². The number of amides is 1. The number of hydrogen-bond acceptors (Lipinski definition) is 5. The summed E-state index contributed by atoms with van der Waals surface area (Å²) in [5.41, 5.74) is 0.316. The van der Waals surface area contributed by atoms with E-state index in [1.165, 1.54) is 18.0 Å². The number of aliphatic hydroxyl groups is 1. The number of carbonyl (C=O) groups excluding carboxylic acids is 1. The largest absolute Gasteiger partial charge is 0.418 e. The van der Waals surface area contributed by atoms with Gasteiger partial charge in [-0.15, -0.1) is 0 Å². The summed E-state index contributed by atoms with van der Waals surface area (Å²) < 4.78 is 76.7. The van der Waals surface area contributed by atoms with E-state index >= 15 is 0 Å². The Balaban J connectivity index is 2.32. The molecule has 0 saturated carbocycles. The zero-order chi connectivity index (χ0) is 19.7. The van der Waals surface area contributed by atoms with Gasteiger partial charge in [0, 0.05) is 24.8 Å².